The molecule has 3 aliphatic rings. The van der Waals surface area contributed by atoms with Gasteiger partial charge in [0.25, 0.3) is 5.91 Å². The van der Waals surface area contributed by atoms with E-state index < -0.39 is 11.7 Å². The van der Waals surface area contributed by atoms with E-state index in [1.165, 1.54) is 6.07 Å². The number of alkyl halides is 3. The van der Waals surface area contributed by atoms with Gasteiger partial charge in [0.1, 0.15) is 0 Å². The normalized spacial score (nSPS) is 18.7. The number of carbonyl (C=O) groups excluding carboxylic acids is 2. The zero-order chi connectivity index (χ0) is 30.4. The van der Waals surface area contributed by atoms with E-state index in [1.54, 1.807) is 36.7 Å². The Morgan fingerprint density at radius 1 is 1.05 bits per heavy atom. The lowest BCUT2D eigenvalue weighted by molar-refractivity contribution is -0.137. The van der Waals surface area contributed by atoms with E-state index in [9.17, 15) is 22.8 Å². The van der Waals surface area contributed by atoms with Crippen molar-refractivity contribution in [3.05, 3.63) is 83.2 Å². The Bertz CT molecular complexity index is 1500. The minimum absolute atomic E-state index is 0.118. The van der Waals surface area contributed by atoms with Gasteiger partial charge in [0.2, 0.25) is 5.91 Å². The van der Waals surface area contributed by atoms with Crippen LogP contribution in [0.2, 0.25) is 0 Å². The number of likely N-dealkylation sites (tertiary alicyclic amines) is 1. The molecule has 2 aliphatic heterocycles. The number of anilines is 1. The zero-order valence-electron chi connectivity index (χ0n) is 24.2. The molecule has 43 heavy (non-hydrogen) atoms. The average Bonchev–Trinajstić information content (AvgIpc) is 3.85. The van der Waals surface area contributed by atoms with Crippen LogP contribution in [0.4, 0.5) is 18.9 Å². The van der Waals surface area contributed by atoms with Crippen molar-refractivity contribution in [1.82, 2.24) is 15.2 Å². The summed E-state index contributed by atoms with van der Waals surface area (Å²) in [4.78, 5) is 34.1. The molecule has 3 N–H and O–H groups in total. The first-order valence-corrected chi connectivity index (χ1v) is 14.9. The number of benzene rings is 2. The number of nitrogens with two attached hydrogens (primary N) is 1. The topological polar surface area (TPSA) is 91.6 Å². The number of carbonyl (C=O) groups is 2. The summed E-state index contributed by atoms with van der Waals surface area (Å²) in [5.74, 6) is 0.343. The lowest BCUT2D eigenvalue weighted by Gasteiger charge is -2.55. The lowest BCUT2D eigenvalue weighted by Crippen LogP contribution is -2.61. The first kappa shape index (κ1) is 29.2. The van der Waals surface area contributed by atoms with E-state index in [0.29, 0.717) is 28.2 Å². The van der Waals surface area contributed by atoms with Gasteiger partial charge in [0.15, 0.2) is 0 Å². The van der Waals surface area contributed by atoms with Crippen molar-refractivity contribution in [3.8, 4) is 11.1 Å². The summed E-state index contributed by atoms with van der Waals surface area (Å²) in [6, 6.07) is 12.2. The van der Waals surface area contributed by atoms with Crippen LogP contribution in [0.25, 0.3) is 11.1 Å². The number of halogens is 3. The van der Waals surface area contributed by atoms with E-state index in [4.69, 9.17) is 5.73 Å². The second-order valence-electron chi connectivity index (χ2n) is 12.3. The quantitative estimate of drug-likeness (QED) is 0.376. The Kier molecular flexibility index (Phi) is 7.66. The summed E-state index contributed by atoms with van der Waals surface area (Å²) in [7, 11) is 0. The Morgan fingerprint density at radius 2 is 1.74 bits per heavy atom. The van der Waals surface area contributed by atoms with Crippen LogP contribution in [-0.2, 0) is 17.5 Å². The van der Waals surface area contributed by atoms with Crippen molar-refractivity contribution >= 4 is 17.5 Å². The van der Waals surface area contributed by atoms with E-state index in [1.807, 2.05) is 17.9 Å². The van der Waals surface area contributed by atoms with Crippen LogP contribution in [0, 0.1) is 11.3 Å². The molecule has 1 atom stereocenters. The first-order valence-electron chi connectivity index (χ1n) is 14.9. The molecular formula is C33H36F3N5O2. The van der Waals surface area contributed by atoms with Gasteiger partial charge in [0.05, 0.1) is 29.1 Å². The number of nitrogens with zero attached hydrogens (tertiary/aromatic N) is 3. The molecule has 2 saturated heterocycles. The van der Waals surface area contributed by atoms with Crippen LogP contribution in [0.3, 0.4) is 0 Å². The molecule has 1 aromatic heterocycles. The predicted molar refractivity (Wildman–Crippen MR) is 158 cm³/mol. The molecule has 0 radical (unpaired) electrons. The lowest BCUT2D eigenvalue weighted by atomic mass is 9.71. The van der Waals surface area contributed by atoms with E-state index in [2.05, 4.69) is 15.2 Å². The summed E-state index contributed by atoms with van der Waals surface area (Å²) >= 11 is 0. The Hall–Kier alpha value is -3.92. The third-order valence-corrected chi connectivity index (χ3v) is 9.19. The maximum absolute atomic E-state index is 13.3. The summed E-state index contributed by atoms with van der Waals surface area (Å²) < 4.78 is 39.9. The van der Waals surface area contributed by atoms with Crippen LogP contribution in [0.5, 0.6) is 0 Å². The van der Waals surface area contributed by atoms with E-state index >= 15 is 0 Å². The molecule has 6 rings (SSSR count). The van der Waals surface area contributed by atoms with Crippen LogP contribution < -0.4 is 16.0 Å². The highest BCUT2D eigenvalue weighted by Gasteiger charge is 2.46. The number of rotatable bonds is 7. The molecule has 226 valence electrons. The van der Waals surface area contributed by atoms with Gasteiger partial charge < -0.3 is 20.9 Å². The molecule has 1 saturated carbocycles. The standard InChI is InChI=1S/C33H36F3N5O2/c1-21(22-2-4-23(5-3-22)29-15-27(33(34,35)36)9-8-25(29)16-37)39-30(42)26-14-28(18-38-17-26)41-19-32(20-41)10-12-40(13-11-32)31(43)24-6-7-24/h2-5,8-9,14-15,17-18,21,24H,6-7,10-13,16,19-20,37H2,1H3,(H,39,42)/t21-/m1/s1. The molecule has 1 aliphatic carbocycles. The van der Waals surface area contributed by atoms with Crippen molar-refractivity contribution in [2.45, 2.75) is 51.4 Å². The van der Waals surface area contributed by atoms with Gasteiger partial charge in [-0.2, -0.15) is 13.2 Å². The second kappa shape index (κ2) is 11.3. The monoisotopic (exact) mass is 591 g/mol. The number of hydrogen-bond acceptors (Lipinski definition) is 5. The van der Waals surface area contributed by atoms with Crippen molar-refractivity contribution in [1.29, 1.82) is 0 Å². The van der Waals surface area contributed by atoms with Crippen LogP contribution in [0.1, 0.15) is 65.7 Å². The number of hydrogen-bond donors (Lipinski definition) is 2. The number of nitrogens with one attached hydrogen (secondary N) is 1. The molecule has 2 amide bonds. The van der Waals surface area contributed by atoms with Gasteiger partial charge >= 0.3 is 6.18 Å². The Morgan fingerprint density at radius 3 is 2.37 bits per heavy atom. The van der Waals surface area contributed by atoms with Gasteiger partial charge in [-0.1, -0.05) is 30.3 Å². The van der Waals surface area contributed by atoms with Gasteiger partial charge in [-0.25, -0.2) is 0 Å². The molecule has 0 unspecified atom stereocenters. The average molecular weight is 592 g/mol. The zero-order valence-corrected chi connectivity index (χ0v) is 24.2. The molecule has 0 bridgehead atoms. The smallest absolute Gasteiger partial charge is 0.369 e. The van der Waals surface area contributed by atoms with Crippen molar-refractivity contribution in [2.24, 2.45) is 17.1 Å². The maximum atomic E-state index is 13.3. The van der Waals surface area contributed by atoms with E-state index in [0.717, 1.165) is 75.2 Å². The molecule has 7 nitrogen and oxygen atoms in total. The summed E-state index contributed by atoms with van der Waals surface area (Å²) in [5, 5.41) is 3.01. The highest BCUT2D eigenvalue weighted by atomic mass is 19.4. The molecule has 3 heterocycles. The number of piperidine rings is 1. The molecule has 10 heteroatoms. The number of pyridine rings is 1. The second-order valence-corrected chi connectivity index (χ2v) is 12.3. The summed E-state index contributed by atoms with van der Waals surface area (Å²) in [5.41, 5.74) is 9.16. The fourth-order valence-corrected chi connectivity index (χ4v) is 6.29. The van der Waals surface area contributed by atoms with Crippen molar-refractivity contribution in [2.75, 3.05) is 31.1 Å². The summed E-state index contributed by atoms with van der Waals surface area (Å²) in [6.07, 6.45) is 2.97. The van der Waals surface area contributed by atoms with Gasteiger partial charge in [-0.15, -0.1) is 0 Å². The third kappa shape index (κ3) is 6.11. The molecule has 3 aromatic rings. The number of amides is 2. The van der Waals surface area contributed by atoms with Gasteiger partial charge in [-0.05, 0) is 73.1 Å². The largest absolute Gasteiger partial charge is 0.416 e. The van der Waals surface area contributed by atoms with Crippen molar-refractivity contribution in [3.63, 3.8) is 0 Å². The van der Waals surface area contributed by atoms with E-state index in [-0.39, 0.29) is 29.8 Å². The highest BCUT2D eigenvalue weighted by molar-refractivity contribution is 5.95. The maximum Gasteiger partial charge on any atom is 0.416 e. The first-order chi connectivity index (χ1) is 20.5. The fraction of sp³-hybridized carbons (Fsp3) is 0.424. The van der Waals surface area contributed by atoms with Gasteiger partial charge in [0, 0.05) is 50.3 Å². The third-order valence-electron chi connectivity index (χ3n) is 9.19. The minimum atomic E-state index is -4.45. The number of aromatic nitrogens is 1. The minimum Gasteiger partial charge on any atom is -0.369 e. The van der Waals surface area contributed by atoms with Crippen LogP contribution in [0.15, 0.2) is 60.9 Å². The van der Waals surface area contributed by atoms with Crippen LogP contribution >= 0.6 is 0 Å². The molecule has 3 fully saturated rings. The van der Waals surface area contributed by atoms with Gasteiger partial charge in [-0.3, -0.25) is 14.6 Å². The highest BCUT2D eigenvalue weighted by Crippen LogP contribution is 2.43. The van der Waals surface area contributed by atoms with Crippen molar-refractivity contribution < 1.29 is 22.8 Å². The molecule has 2 aromatic carbocycles. The van der Waals surface area contributed by atoms with Crippen LogP contribution in [-0.4, -0.2) is 47.9 Å². The SMILES string of the molecule is C[C@@H](NC(=O)c1cncc(N2CC3(CCN(C(=O)C4CC4)CC3)C2)c1)c1ccc(-c2cc(C(F)(F)F)ccc2CN)cc1. The Labute approximate surface area is 249 Å². The molecule has 1 spiro atoms. The summed E-state index contributed by atoms with van der Waals surface area (Å²) in [6.45, 7) is 5.43. The molecular weight excluding hydrogens is 555 g/mol. The predicted octanol–water partition coefficient (Wildman–Crippen LogP) is 5.56. The fourth-order valence-electron chi connectivity index (χ4n) is 6.29. The Balaban J connectivity index is 1.06.